The fourth-order valence-corrected chi connectivity index (χ4v) is 4.02. The third kappa shape index (κ3) is 3.75. The number of halogens is 1. The molecule has 3 N–H and O–H groups in total. The standard InChI is InChI=1S/C15H17IN2O2S/c1-10-6-12(9-17)7-15(11(10)2)21(19,20)18-14-5-3-4-13(16)8-14/h3-8,18H,9,17H2,1-2H3. The van der Waals surface area contributed by atoms with E-state index in [1.165, 1.54) is 0 Å². The third-order valence-electron chi connectivity index (χ3n) is 3.28. The Morgan fingerprint density at radius 1 is 1.19 bits per heavy atom. The molecular formula is C15H17IN2O2S. The van der Waals surface area contributed by atoms with Gasteiger partial charge in [0, 0.05) is 15.8 Å². The number of hydrogen-bond donors (Lipinski definition) is 2. The molecule has 4 nitrogen and oxygen atoms in total. The number of aryl methyl sites for hydroxylation is 1. The highest BCUT2D eigenvalue weighted by molar-refractivity contribution is 14.1. The Morgan fingerprint density at radius 3 is 2.52 bits per heavy atom. The molecule has 0 fully saturated rings. The maximum absolute atomic E-state index is 12.6. The van der Waals surface area contributed by atoms with Crippen molar-refractivity contribution in [2.75, 3.05) is 4.72 Å². The minimum Gasteiger partial charge on any atom is -0.326 e. The molecule has 0 radical (unpaired) electrons. The second kappa shape index (κ2) is 6.33. The van der Waals surface area contributed by atoms with E-state index in [4.69, 9.17) is 5.73 Å². The predicted octanol–water partition coefficient (Wildman–Crippen LogP) is 3.17. The first-order valence-corrected chi connectivity index (χ1v) is 8.98. The van der Waals surface area contributed by atoms with Crippen molar-refractivity contribution in [2.45, 2.75) is 25.3 Å². The van der Waals surface area contributed by atoms with Crippen molar-refractivity contribution in [3.8, 4) is 0 Å². The first-order chi connectivity index (χ1) is 9.83. The molecule has 0 spiro atoms. The van der Waals surface area contributed by atoms with Gasteiger partial charge in [-0.05, 0) is 77.4 Å². The summed E-state index contributed by atoms with van der Waals surface area (Å²) in [6, 6.07) is 10.8. The molecule has 0 unspecified atom stereocenters. The van der Waals surface area contributed by atoms with Crippen molar-refractivity contribution in [1.82, 2.24) is 0 Å². The molecule has 0 saturated heterocycles. The minimum absolute atomic E-state index is 0.279. The fraction of sp³-hybridized carbons (Fsp3) is 0.200. The minimum atomic E-state index is -3.62. The number of rotatable bonds is 4. The molecule has 2 rings (SSSR count). The second-order valence-corrected chi connectivity index (χ2v) is 7.75. The van der Waals surface area contributed by atoms with E-state index in [-0.39, 0.29) is 4.90 Å². The van der Waals surface area contributed by atoms with Crippen LogP contribution in [0.15, 0.2) is 41.3 Å². The van der Waals surface area contributed by atoms with E-state index in [9.17, 15) is 8.42 Å². The van der Waals surface area contributed by atoms with Gasteiger partial charge in [0.1, 0.15) is 0 Å². The molecule has 6 heteroatoms. The predicted molar refractivity (Wildman–Crippen MR) is 93.8 cm³/mol. The van der Waals surface area contributed by atoms with Crippen molar-refractivity contribution < 1.29 is 8.42 Å². The van der Waals surface area contributed by atoms with Crippen LogP contribution in [0.25, 0.3) is 0 Å². The van der Waals surface area contributed by atoms with Gasteiger partial charge in [0.05, 0.1) is 4.90 Å². The van der Waals surface area contributed by atoms with E-state index in [1.54, 1.807) is 25.1 Å². The Kier molecular flexibility index (Phi) is 4.90. The van der Waals surface area contributed by atoms with Crippen LogP contribution in [0.5, 0.6) is 0 Å². The highest BCUT2D eigenvalue weighted by Crippen LogP contribution is 2.24. The zero-order valence-corrected chi connectivity index (χ0v) is 14.8. The van der Waals surface area contributed by atoms with Crippen LogP contribution in [0.1, 0.15) is 16.7 Å². The molecular weight excluding hydrogens is 399 g/mol. The number of anilines is 1. The molecule has 0 aliphatic heterocycles. The number of hydrogen-bond acceptors (Lipinski definition) is 3. The summed E-state index contributed by atoms with van der Waals surface area (Å²) in [6.45, 7) is 4.00. The van der Waals surface area contributed by atoms with E-state index in [2.05, 4.69) is 27.3 Å². The summed E-state index contributed by atoms with van der Waals surface area (Å²) in [5.41, 5.74) is 8.66. The average Bonchev–Trinajstić information content (AvgIpc) is 2.41. The Hall–Kier alpha value is -1.12. The van der Waals surface area contributed by atoms with Gasteiger partial charge in [-0.2, -0.15) is 0 Å². The normalized spacial score (nSPS) is 11.4. The molecule has 0 aliphatic carbocycles. The molecule has 0 bridgehead atoms. The zero-order valence-electron chi connectivity index (χ0n) is 11.9. The summed E-state index contributed by atoms with van der Waals surface area (Å²) < 4.78 is 28.8. The molecule has 2 aromatic carbocycles. The van der Waals surface area contributed by atoms with Crippen molar-refractivity contribution in [3.05, 3.63) is 56.7 Å². The molecule has 2 aromatic rings. The van der Waals surface area contributed by atoms with Crippen molar-refractivity contribution in [3.63, 3.8) is 0 Å². The Labute approximate surface area is 138 Å². The number of nitrogens with one attached hydrogen (secondary N) is 1. The smallest absolute Gasteiger partial charge is 0.262 e. The van der Waals surface area contributed by atoms with Crippen LogP contribution in [-0.2, 0) is 16.6 Å². The van der Waals surface area contributed by atoms with E-state index in [1.807, 2.05) is 25.1 Å². The molecule has 0 atom stereocenters. The van der Waals surface area contributed by atoms with Gasteiger partial charge < -0.3 is 5.73 Å². The Morgan fingerprint density at radius 2 is 1.90 bits per heavy atom. The lowest BCUT2D eigenvalue weighted by molar-refractivity contribution is 0.600. The molecule has 0 saturated carbocycles. The maximum atomic E-state index is 12.6. The summed E-state index contributed by atoms with van der Waals surface area (Å²) in [5.74, 6) is 0. The Bertz CT molecular complexity index is 773. The fourth-order valence-electron chi connectivity index (χ4n) is 2.06. The summed E-state index contributed by atoms with van der Waals surface area (Å²) in [6.07, 6.45) is 0. The average molecular weight is 416 g/mol. The highest BCUT2D eigenvalue weighted by Gasteiger charge is 2.19. The summed E-state index contributed by atoms with van der Waals surface area (Å²) in [7, 11) is -3.62. The van der Waals surface area contributed by atoms with Gasteiger partial charge in [0.2, 0.25) is 0 Å². The van der Waals surface area contributed by atoms with Gasteiger partial charge in [-0.25, -0.2) is 8.42 Å². The SMILES string of the molecule is Cc1cc(CN)cc(S(=O)(=O)Nc2cccc(I)c2)c1C. The lowest BCUT2D eigenvalue weighted by Crippen LogP contribution is -2.15. The molecule has 21 heavy (non-hydrogen) atoms. The van der Waals surface area contributed by atoms with Crippen molar-refractivity contribution in [1.29, 1.82) is 0 Å². The van der Waals surface area contributed by atoms with Gasteiger partial charge in [0.15, 0.2) is 0 Å². The van der Waals surface area contributed by atoms with Crippen LogP contribution < -0.4 is 10.5 Å². The van der Waals surface area contributed by atoms with Crippen LogP contribution >= 0.6 is 22.6 Å². The topological polar surface area (TPSA) is 72.2 Å². The largest absolute Gasteiger partial charge is 0.326 e. The van der Waals surface area contributed by atoms with E-state index >= 15 is 0 Å². The first kappa shape index (κ1) is 16.3. The van der Waals surface area contributed by atoms with Gasteiger partial charge in [0.25, 0.3) is 10.0 Å². The molecule has 0 aliphatic rings. The molecule has 0 amide bonds. The first-order valence-electron chi connectivity index (χ1n) is 6.42. The lowest BCUT2D eigenvalue weighted by atomic mass is 10.1. The molecule has 0 aromatic heterocycles. The van der Waals surface area contributed by atoms with Crippen LogP contribution in [0.3, 0.4) is 0 Å². The van der Waals surface area contributed by atoms with E-state index < -0.39 is 10.0 Å². The summed E-state index contributed by atoms with van der Waals surface area (Å²) in [5, 5.41) is 0. The van der Waals surface area contributed by atoms with Crippen LogP contribution in [0.2, 0.25) is 0 Å². The lowest BCUT2D eigenvalue weighted by Gasteiger charge is -2.14. The second-order valence-electron chi connectivity index (χ2n) is 4.86. The van der Waals surface area contributed by atoms with Gasteiger partial charge in [-0.15, -0.1) is 0 Å². The molecule has 0 heterocycles. The summed E-state index contributed by atoms with van der Waals surface area (Å²) in [4.78, 5) is 0.279. The quantitative estimate of drug-likeness (QED) is 0.753. The van der Waals surface area contributed by atoms with Crippen molar-refractivity contribution >= 4 is 38.3 Å². The van der Waals surface area contributed by atoms with E-state index in [0.717, 1.165) is 20.3 Å². The van der Waals surface area contributed by atoms with Gasteiger partial charge in [-0.1, -0.05) is 12.1 Å². The Balaban J connectivity index is 2.47. The number of sulfonamides is 1. The highest BCUT2D eigenvalue weighted by atomic mass is 127. The van der Waals surface area contributed by atoms with Gasteiger partial charge >= 0.3 is 0 Å². The van der Waals surface area contributed by atoms with Crippen LogP contribution in [0.4, 0.5) is 5.69 Å². The van der Waals surface area contributed by atoms with Gasteiger partial charge in [-0.3, -0.25) is 4.72 Å². The summed E-state index contributed by atoms with van der Waals surface area (Å²) >= 11 is 2.14. The maximum Gasteiger partial charge on any atom is 0.262 e. The van der Waals surface area contributed by atoms with E-state index in [0.29, 0.717) is 12.2 Å². The third-order valence-corrected chi connectivity index (χ3v) is 5.46. The zero-order chi connectivity index (χ0) is 15.6. The number of nitrogens with two attached hydrogens (primary N) is 1. The monoisotopic (exact) mass is 416 g/mol. The van der Waals surface area contributed by atoms with Crippen molar-refractivity contribution in [2.24, 2.45) is 5.73 Å². The van der Waals surface area contributed by atoms with Crippen LogP contribution in [0, 0.1) is 17.4 Å². The molecule has 112 valence electrons. The van der Waals surface area contributed by atoms with Crippen LogP contribution in [-0.4, -0.2) is 8.42 Å². The number of benzene rings is 2.